The minimum absolute atomic E-state index is 0.175. The highest BCUT2D eigenvalue weighted by Gasteiger charge is 2.23. The topological polar surface area (TPSA) is 64.1 Å². The number of methoxy groups -OCH3 is 1. The molecule has 1 aliphatic heterocycles. The maximum Gasteiger partial charge on any atom is 0.342 e. The molecule has 1 fully saturated rings. The largest absolute Gasteiger partial charge is 0.494 e. The van der Waals surface area contributed by atoms with E-state index in [2.05, 4.69) is 26.9 Å². The summed E-state index contributed by atoms with van der Waals surface area (Å²) in [6.45, 7) is 8.12. The lowest BCUT2D eigenvalue weighted by atomic mass is 10.1. The van der Waals surface area contributed by atoms with Gasteiger partial charge in [0.25, 0.3) is 0 Å². The Bertz CT molecular complexity index is 1160. The predicted octanol–water partition coefficient (Wildman–Crippen LogP) is 4.70. The zero-order valence-electron chi connectivity index (χ0n) is 20.9. The molecule has 7 nitrogen and oxygen atoms in total. The number of benzene rings is 2. The lowest BCUT2D eigenvalue weighted by Gasteiger charge is -2.36. The van der Waals surface area contributed by atoms with Crippen LogP contribution >= 0.6 is 0 Å². The van der Waals surface area contributed by atoms with E-state index in [1.54, 1.807) is 30.5 Å². The van der Waals surface area contributed by atoms with Crippen molar-refractivity contribution in [2.24, 2.45) is 0 Å². The average molecular weight is 494 g/mol. The first kappa shape index (κ1) is 25.4. The summed E-state index contributed by atoms with van der Waals surface area (Å²) in [5.41, 5.74) is 2.54. The van der Waals surface area contributed by atoms with E-state index in [0.29, 0.717) is 18.0 Å². The highest BCUT2D eigenvalue weighted by Crippen LogP contribution is 2.23. The lowest BCUT2D eigenvalue weighted by molar-refractivity contribution is 0.0378. The van der Waals surface area contributed by atoms with E-state index in [-0.39, 0.29) is 23.6 Å². The van der Waals surface area contributed by atoms with Gasteiger partial charge in [0.05, 0.1) is 13.2 Å². The van der Waals surface area contributed by atoms with Gasteiger partial charge in [0.15, 0.2) is 11.6 Å². The second-order valence-corrected chi connectivity index (χ2v) is 8.99. The Kier molecular flexibility index (Phi) is 8.38. The molecule has 0 radical (unpaired) electrons. The van der Waals surface area contributed by atoms with Crippen LogP contribution in [0, 0.1) is 5.82 Å². The number of nitrogens with zero attached hydrogens (tertiary/aromatic N) is 3. The number of hydrogen-bond donors (Lipinski definition) is 0. The molecule has 190 valence electrons. The molecule has 0 saturated carbocycles. The van der Waals surface area contributed by atoms with E-state index in [9.17, 15) is 9.18 Å². The quantitative estimate of drug-likeness (QED) is 0.401. The molecule has 2 heterocycles. The van der Waals surface area contributed by atoms with Crippen LogP contribution in [0.1, 0.15) is 35.3 Å². The smallest absolute Gasteiger partial charge is 0.342 e. The van der Waals surface area contributed by atoms with Gasteiger partial charge < -0.3 is 19.1 Å². The van der Waals surface area contributed by atoms with E-state index >= 15 is 0 Å². The summed E-state index contributed by atoms with van der Waals surface area (Å²) in [5.74, 6) is 0.921. The van der Waals surface area contributed by atoms with Crippen LogP contribution in [0.3, 0.4) is 0 Å². The molecule has 2 aromatic carbocycles. The molecule has 0 unspecified atom stereocenters. The van der Waals surface area contributed by atoms with Gasteiger partial charge in [-0.25, -0.2) is 14.2 Å². The van der Waals surface area contributed by atoms with Gasteiger partial charge in [-0.05, 0) is 61.4 Å². The van der Waals surface area contributed by atoms with Crippen LogP contribution in [0.5, 0.6) is 11.5 Å². The van der Waals surface area contributed by atoms with Crippen molar-refractivity contribution < 1.29 is 23.4 Å². The summed E-state index contributed by atoms with van der Waals surface area (Å²) >= 11 is 0. The Morgan fingerprint density at radius 3 is 2.44 bits per heavy atom. The van der Waals surface area contributed by atoms with Gasteiger partial charge in [-0.2, -0.15) is 0 Å². The van der Waals surface area contributed by atoms with Crippen LogP contribution in [0.25, 0.3) is 0 Å². The van der Waals surface area contributed by atoms with E-state index in [1.165, 1.54) is 18.7 Å². The first-order valence-corrected chi connectivity index (χ1v) is 12.1. The molecular formula is C28H32FN3O4. The van der Waals surface area contributed by atoms with Gasteiger partial charge in [-0.15, -0.1) is 0 Å². The van der Waals surface area contributed by atoms with Crippen LogP contribution in [0.15, 0.2) is 60.8 Å². The van der Waals surface area contributed by atoms with Gasteiger partial charge in [0.1, 0.15) is 23.7 Å². The fourth-order valence-corrected chi connectivity index (χ4v) is 4.11. The summed E-state index contributed by atoms with van der Waals surface area (Å²) in [7, 11) is 1.45. The Balaban J connectivity index is 1.28. The highest BCUT2D eigenvalue weighted by atomic mass is 19.1. The van der Waals surface area contributed by atoms with Gasteiger partial charge in [0.2, 0.25) is 0 Å². The Morgan fingerprint density at radius 2 is 1.75 bits per heavy atom. The predicted molar refractivity (Wildman–Crippen MR) is 136 cm³/mol. The fourth-order valence-electron chi connectivity index (χ4n) is 4.11. The number of anilines is 1. The Morgan fingerprint density at radius 1 is 1.03 bits per heavy atom. The first-order valence-electron chi connectivity index (χ1n) is 12.1. The molecule has 0 atom stereocenters. The molecule has 3 aromatic rings. The van der Waals surface area contributed by atoms with Crippen molar-refractivity contribution in [3.8, 4) is 11.5 Å². The van der Waals surface area contributed by atoms with E-state index in [0.717, 1.165) is 44.0 Å². The van der Waals surface area contributed by atoms with Crippen molar-refractivity contribution in [3.63, 3.8) is 0 Å². The van der Waals surface area contributed by atoms with Crippen LogP contribution in [0.2, 0.25) is 0 Å². The Hall–Kier alpha value is -3.65. The van der Waals surface area contributed by atoms with Crippen LogP contribution in [-0.4, -0.2) is 55.2 Å². The minimum Gasteiger partial charge on any atom is -0.494 e. The molecule has 36 heavy (non-hydrogen) atoms. The minimum atomic E-state index is -0.388. The number of hydrogen-bond acceptors (Lipinski definition) is 7. The summed E-state index contributed by atoms with van der Waals surface area (Å²) in [4.78, 5) is 21.5. The molecule has 0 bridgehead atoms. The van der Waals surface area contributed by atoms with Gasteiger partial charge in [-0.1, -0.05) is 18.2 Å². The number of pyridine rings is 1. The molecule has 8 heteroatoms. The number of ether oxygens (including phenoxy) is 3. The number of halogens is 1. The summed E-state index contributed by atoms with van der Waals surface area (Å²) in [5, 5.41) is 0. The maximum atomic E-state index is 13.6. The fraction of sp³-hybridized carbons (Fsp3) is 0.357. The standard InChI is InChI=1S/C28H32FN3O4/c1-20(2)36-28(33)24-5-4-12-30-27(24)32-15-13-31(14-16-32)18-21-6-9-23(10-7-21)35-19-22-8-11-25(29)26(17-22)34-3/h4-12,17,20H,13-16,18-19H2,1-3H3. The second-order valence-electron chi connectivity index (χ2n) is 8.99. The molecular weight excluding hydrogens is 461 g/mol. The number of rotatable bonds is 9. The molecule has 1 aromatic heterocycles. The van der Waals surface area contributed by atoms with Gasteiger partial charge in [0, 0.05) is 38.9 Å². The number of esters is 1. The highest BCUT2D eigenvalue weighted by molar-refractivity contribution is 5.94. The normalized spacial score (nSPS) is 14.1. The van der Waals surface area contributed by atoms with Crippen molar-refractivity contribution >= 4 is 11.8 Å². The molecule has 1 aliphatic rings. The van der Waals surface area contributed by atoms with E-state index in [1.807, 2.05) is 26.0 Å². The maximum absolute atomic E-state index is 13.6. The zero-order valence-corrected chi connectivity index (χ0v) is 20.9. The second kappa shape index (κ2) is 11.9. The molecule has 0 spiro atoms. The van der Waals surface area contributed by atoms with E-state index in [4.69, 9.17) is 14.2 Å². The van der Waals surface area contributed by atoms with Crippen molar-refractivity contribution in [1.82, 2.24) is 9.88 Å². The number of piperazine rings is 1. The van der Waals surface area contributed by atoms with Gasteiger partial charge >= 0.3 is 5.97 Å². The summed E-state index contributed by atoms with van der Waals surface area (Å²) < 4.78 is 29.8. The third-order valence-electron chi connectivity index (χ3n) is 5.97. The average Bonchev–Trinajstić information content (AvgIpc) is 2.89. The third kappa shape index (κ3) is 6.51. The molecule has 4 rings (SSSR count). The van der Waals surface area contributed by atoms with Crippen molar-refractivity contribution in [2.75, 3.05) is 38.2 Å². The number of aromatic nitrogens is 1. The van der Waals surface area contributed by atoms with Crippen LogP contribution in [-0.2, 0) is 17.9 Å². The molecule has 1 saturated heterocycles. The van der Waals surface area contributed by atoms with Crippen molar-refractivity contribution in [2.45, 2.75) is 33.1 Å². The zero-order chi connectivity index (χ0) is 25.5. The van der Waals surface area contributed by atoms with E-state index < -0.39 is 0 Å². The Labute approximate surface area is 211 Å². The SMILES string of the molecule is COc1cc(COc2ccc(CN3CCN(c4ncccc4C(=O)OC(C)C)CC3)cc2)ccc1F. The molecule has 0 N–H and O–H groups in total. The monoisotopic (exact) mass is 493 g/mol. The van der Waals surface area contributed by atoms with Crippen molar-refractivity contribution in [1.29, 1.82) is 0 Å². The van der Waals surface area contributed by atoms with Crippen LogP contribution < -0.4 is 14.4 Å². The molecule has 0 aliphatic carbocycles. The van der Waals surface area contributed by atoms with Gasteiger partial charge in [-0.3, -0.25) is 4.90 Å². The first-order chi connectivity index (χ1) is 17.4. The number of carbonyl (C=O) groups excluding carboxylic acids is 1. The summed E-state index contributed by atoms with van der Waals surface area (Å²) in [6, 6.07) is 16.3. The third-order valence-corrected chi connectivity index (χ3v) is 5.97. The van der Waals surface area contributed by atoms with Crippen molar-refractivity contribution in [3.05, 3.63) is 83.3 Å². The summed E-state index contributed by atoms with van der Waals surface area (Å²) in [6.07, 6.45) is 1.54. The van der Waals surface area contributed by atoms with Crippen LogP contribution in [0.4, 0.5) is 10.2 Å². The lowest BCUT2D eigenvalue weighted by Crippen LogP contribution is -2.46. The molecule has 0 amide bonds. The number of carbonyl (C=O) groups is 1.